The summed E-state index contributed by atoms with van der Waals surface area (Å²) in [6.07, 6.45) is 3.15. The topological polar surface area (TPSA) is 66.8 Å². The van der Waals surface area contributed by atoms with Crippen LogP contribution in [0.15, 0.2) is 8.26 Å². The van der Waals surface area contributed by atoms with Gasteiger partial charge in [0.2, 0.25) is 0 Å². The van der Waals surface area contributed by atoms with Gasteiger partial charge in [0, 0.05) is 13.1 Å². The van der Waals surface area contributed by atoms with Crippen molar-refractivity contribution in [2.75, 3.05) is 19.7 Å². The summed E-state index contributed by atoms with van der Waals surface area (Å²) in [5.41, 5.74) is 0. The first-order chi connectivity index (χ1) is 9.50. The molecule has 1 aliphatic rings. The molecule has 1 fully saturated rings. The second kappa shape index (κ2) is 6.91. The zero-order valence-corrected chi connectivity index (χ0v) is 14.5. The van der Waals surface area contributed by atoms with Crippen molar-refractivity contribution in [2.45, 2.75) is 19.3 Å². The number of likely N-dealkylation sites (tertiary alicyclic amines) is 1. The predicted octanol–water partition coefficient (Wildman–Crippen LogP) is 3.36. The lowest BCUT2D eigenvalue weighted by Gasteiger charge is -2.26. The van der Waals surface area contributed by atoms with Gasteiger partial charge in [0.1, 0.15) is 4.88 Å². The largest absolute Gasteiger partial charge is 0.479 e. The first-order valence-electron chi connectivity index (χ1n) is 6.12. The molecule has 0 spiro atoms. The average molecular weight is 427 g/mol. The van der Waals surface area contributed by atoms with E-state index in [1.165, 1.54) is 11.3 Å². The number of rotatable bonds is 4. The van der Waals surface area contributed by atoms with Gasteiger partial charge < -0.3 is 14.7 Å². The van der Waals surface area contributed by atoms with Crippen LogP contribution in [0.25, 0.3) is 0 Å². The summed E-state index contributed by atoms with van der Waals surface area (Å²) in [7, 11) is 0. The van der Waals surface area contributed by atoms with E-state index >= 15 is 0 Å². The molecule has 1 aliphatic heterocycles. The van der Waals surface area contributed by atoms with Crippen molar-refractivity contribution in [3.8, 4) is 5.75 Å². The van der Waals surface area contributed by atoms with Gasteiger partial charge in [-0.05, 0) is 51.1 Å². The van der Waals surface area contributed by atoms with Crippen LogP contribution >= 0.6 is 43.2 Å². The average Bonchev–Trinajstić information content (AvgIpc) is 2.72. The van der Waals surface area contributed by atoms with Crippen molar-refractivity contribution in [1.29, 1.82) is 0 Å². The van der Waals surface area contributed by atoms with Gasteiger partial charge in [0.05, 0.1) is 8.26 Å². The van der Waals surface area contributed by atoms with Crippen LogP contribution in [0.5, 0.6) is 5.75 Å². The van der Waals surface area contributed by atoms with E-state index in [0.717, 1.165) is 36.1 Å². The van der Waals surface area contributed by atoms with Crippen LogP contribution in [-0.4, -0.2) is 41.6 Å². The molecular weight excluding hydrogens is 414 g/mol. The summed E-state index contributed by atoms with van der Waals surface area (Å²) in [4.78, 5) is 25.4. The molecule has 0 unspecified atom stereocenters. The normalized spacial score (nSPS) is 15.2. The number of carbonyl (C=O) groups is 2. The highest BCUT2D eigenvalue weighted by atomic mass is 79.9. The van der Waals surface area contributed by atoms with Crippen LogP contribution in [-0.2, 0) is 4.79 Å². The monoisotopic (exact) mass is 425 g/mol. The van der Waals surface area contributed by atoms with Gasteiger partial charge in [-0.25, -0.2) is 4.79 Å². The Labute approximate surface area is 137 Å². The van der Waals surface area contributed by atoms with Crippen LogP contribution in [0.1, 0.15) is 28.9 Å². The Hall–Kier alpha value is -0.600. The molecule has 2 heterocycles. The molecule has 20 heavy (non-hydrogen) atoms. The van der Waals surface area contributed by atoms with E-state index in [2.05, 4.69) is 31.9 Å². The smallest absolute Gasteiger partial charge is 0.341 e. The van der Waals surface area contributed by atoms with Gasteiger partial charge in [-0.15, -0.1) is 11.3 Å². The number of amides is 1. The fraction of sp³-hybridized carbons (Fsp3) is 0.500. The number of piperidine rings is 1. The number of aliphatic carboxylic acids is 1. The second-order valence-electron chi connectivity index (χ2n) is 4.38. The second-order valence-corrected chi connectivity index (χ2v) is 7.51. The third kappa shape index (κ3) is 3.53. The van der Waals surface area contributed by atoms with Crippen molar-refractivity contribution in [3.63, 3.8) is 0 Å². The van der Waals surface area contributed by atoms with Crippen LogP contribution in [0, 0.1) is 0 Å². The summed E-state index contributed by atoms with van der Waals surface area (Å²) in [5, 5.41) is 8.71. The molecule has 0 aromatic carbocycles. The highest BCUT2D eigenvalue weighted by Crippen LogP contribution is 2.43. The lowest BCUT2D eigenvalue weighted by atomic mass is 10.1. The van der Waals surface area contributed by atoms with Gasteiger partial charge in [0.15, 0.2) is 12.4 Å². The summed E-state index contributed by atoms with van der Waals surface area (Å²) in [5.74, 6) is -0.864. The van der Waals surface area contributed by atoms with Gasteiger partial charge >= 0.3 is 5.97 Å². The van der Waals surface area contributed by atoms with E-state index in [9.17, 15) is 9.59 Å². The van der Waals surface area contributed by atoms with Gasteiger partial charge in [-0.2, -0.15) is 0 Å². The molecular formula is C12H13Br2NO4S. The molecule has 5 nitrogen and oxygen atoms in total. The molecule has 0 atom stereocenters. The lowest BCUT2D eigenvalue weighted by molar-refractivity contribution is -0.139. The molecule has 0 radical (unpaired) electrons. The maximum atomic E-state index is 12.5. The maximum absolute atomic E-state index is 12.5. The van der Waals surface area contributed by atoms with Gasteiger partial charge in [-0.3, -0.25) is 4.79 Å². The van der Waals surface area contributed by atoms with E-state index < -0.39 is 12.6 Å². The summed E-state index contributed by atoms with van der Waals surface area (Å²) >= 11 is 7.91. The van der Waals surface area contributed by atoms with E-state index in [1.54, 1.807) is 4.90 Å². The first-order valence-corrected chi connectivity index (χ1v) is 8.52. The fourth-order valence-electron chi connectivity index (χ4n) is 2.01. The molecule has 0 saturated carbocycles. The molecule has 1 N–H and O–H groups in total. The highest BCUT2D eigenvalue weighted by Gasteiger charge is 2.27. The maximum Gasteiger partial charge on any atom is 0.341 e. The van der Waals surface area contributed by atoms with Crippen LogP contribution in [0.2, 0.25) is 0 Å². The van der Waals surface area contributed by atoms with E-state index in [1.807, 2.05) is 0 Å². The molecule has 1 saturated heterocycles. The third-order valence-electron chi connectivity index (χ3n) is 2.95. The van der Waals surface area contributed by atoms with Crippen molar-refractivity contribution in [2.24, 2.45) is 0 Å². The van der Waals surface area contributed by atoms with E-state index in [0.29, 0.717) is 15.1 Å². The Morgan fingerprint density at radius 1 is 1.25 bits per heavy atom. The molecule has 1 aromatic heterocycles. The number of ether oxygens (including phenoxy) is 1. The third-order valence-corrected chi connectivity index (χ3v) is 6.33. The quantitative estimate of drug-likeness (QED) is 0.801. The number of hydrogen-bond donors (Lipinski definition) is 1. The Morgan fingerprint density at radius 2 is 1.90 bits per heavy atom. The molecule has 1 amide bonds. The number of halogens is 2. The summed E-state index contributed by atoms with van der Waals surface area (Å²) < 4.78 is 6.56. The standard InChI is InChI=1S/C12H13Br2NO4S/c13-8-9(19-6-7(16)17)10(20-11(8)14)12(18)15-4-2-1-3-5-15/h1-6H2,(H,16,17). The Balaban J connectivity index is 2.23. The highest BCUT2D eigenvalue weighted by molar-refractivity contribution is 9.13. The molecule has 2 rings (SSSR count). The molecule has 1 aromatic rings. The fourth-order valence-corrected chi connectivity index (χ4v) is 4.20. The molecule has 0 aliphatic carbocycles. The van der Waals surface area contributed by atoms with Crippen molar-refractivity contribution >= 4 is 55.1 Å². The van der Waals surface area contributed by atoms with E-state index in [-0.39, 0.29) is 5.91 Å². The van der Waals surface area contributed by atoms with Crippen LogP contribution in [0.4, 0.5) is 0 Å². The lowest BCUT2D eigenvalue weighted by Crippen LogP contribution is -2.35. The number of hydrogen-bond acceptors (Lipinski definition) is 4. The van der Waals surface area contributed by atoms with Crippen molar-refractivity contribution in [1.82, 2.24) is 4.90 Å². The van der Waals surface area contributed by atoms with E-state index in [4.69, 9.17) is 9.84 Å². The SMILES string of the molecule is O=C(O)COc1c(C(=O)N2CCCCC2)sc(Br)c1Br. The molecule has 8 heteroatoms. The minimum absolute atomic E-state index is 0.0958. The minimum atomic E-state index is -1.07. The minimum Gasteiger partial charge on any atom is -0.479 e. The van der Waals surface area contributed by atoms with Gasteiger partial charge in [0.25, 0.3) is 5.91 Å². The number of carbonyl (C=O) groups excluding carboxylic acids is 1. The zero-order valence-electron chi connectivity index (χ0n) is 10.5. The van der Waals surface area contributed by atoms with Crippen molar-refractivity contribution in [3.05, 3.63) is 13.1 Å². The summed E-state index contributed by atoms with van der Waals surface area (Å²) in [6.45, 7) is 1.01. The zero-order chi connectivity index (χ0) is 14.7. The van der Waals surface area contributed by atoms with Crippen LogP contribution < -0.4 is 4.74 Å². The Morgan fingerprint density at radius 3 is 2.50 bits per heavy atom. The number of thiophene rings is 1. The Kier molecular flexibility index (Phi) is 5.45. The summed E-state index contributed by atoms with van der Waals surface area (Å²) in [6, 6.07) is 0. The predicted molar refractivity (Wildman–Crippen MR) is 82.6 cm³/mol. The molecule has 0 bridgehead atoms. The number of nitrogens with zero attached hydrogens (tertiary/aromatic N) is 1. The van der Waals surface area contributed by atoms with Crippen molar-refractivity contribution < 1.29 is 19.4 Å². The number of carboxylic acids is 1. The van der Waals surface area contributed by atoms with Crippen LogP contribution in [0.3, 0.4) is 0 Å². The van der Waals surface area contributed by atoms with Gasteiger partial charge in [-0.1, -0.05) is 0 Å². The first kappa shape index (κ1) is 15.8. The molecule has 110 valence electrons. The Bertz CT molecular complexity index is 526. The number of carboxylic acid groups (broad SMARTS) is 1.